The molecule has 94 valence electrons. The predicted molar refractivity (Wildman–Crippen MR) is 76.2 cm³/mol. The van der Waals surface area contributed by atoms with E-state index in [0.717, 1.165) is 12.1 Å². The molecule has 0 aromatic carbocycles. The second-order valence-electron chi connectivity index (χ2n) is 4.53. The lowest BCUT2D eigenvalue weighted by atomic mass is 10.1. The van der Waals surface area contributed by atoms with Gasteiger partial charge >= 0.3 is 0 Å². The second-order valence-corrected chi connectivity index (χ2v) is 5.35. The number of aromatic amines is 1. The first-order valence-electron chi connectivity index (χ1n) is 5.77. The average Bonchev–Trinajstić information content (AvgIpc) is 2.27. The van der Waals surface area contributed by atoms with E-state index in [-0.39, 0.29) is 0 Å². The van der Waals surface area contributed by atoms with E-state index in [1.807, 2.05) is 6.07 Å². The Bertz CT molecular complexity index is 607. The molecular formula is C13H14ClN3S. The van der Waals surface area contributed by atoms with Crippen molar-refractivity contribution in [1.82, 2.24) is 15.0 Å². The van der Waals surface area contributed by atoms with Crippen LogP contribution >= 0.6 is 23.8 Å². The largest absolute Gasteiger partial charge is 0.342 e. The van der Waals surface area contributed by atoms with E-state index in [4.69, 9.17) is 23.8 Å². The summed E-state index contributed by atoms with van der Waals surface area (Å²) in [6.45, 7) is 4.31. The molecule has 0 amide bonds. The van der Waals surface area contributed by atoms with Crippen molar-refractivity contribution in [2.45, 2.75) is 20.3 Å². The molecule has 0 unspecified atom stereocenters. The highest BCUT2D eigenvalue weighted by Crippen LogP contribution is 2.22. The molecule has 0 bridgehead atoms. The van der Waals surface area contributed by atoms with Gasteiger partial charge in [0.25, 0.3) is 0 Å². The molecule has 0 radical (unpaired) electrons. The predicted octanol–water partition coefficient (Wildman–Crippen LogP) is 4.05. The number of halogens is 1. The van der Waals surface area contributed by atoms with Gasteiger partial charge in [-0.2, -0.15) is 0 Å². The number of aromatic nitrogens is 3. The van der Waals surface area contributed by atoms with E-state index in [2.05, 4.69) is 28.8 Å². The highest BCUT2D eigenvalue weighted by molar-refractivity contribution is 7.71. The molecule has 2 heterocycles. The van der Waals surface area contributed by atoms with Crippen molar-refractivity contribution in [3.8, 4) is 11.5 Å². The van der Waals surface area contributed by atoms with Gasteiger partial charge in [-0.1, -0.05) is 37.7 Å². The van der Waals surface area contributed by atoms with Crippen LogP contribution in [0.2, 0.25) is 5.02 Å². The van der Waals surface area contributed by atoms with Gasteiger partial charge in [-0.3, -0.25) is 4.98 Å². The van der Waals surface area contributed by atoms with Gasteiger partial charge in [0.05, 0.1) is 5.02 Å². The molecule has 1 N–H and O–H groups in total. The van der Waals surface area contributed by atoms with Crippen LogP contribution in [0.4, 0.5) is 0 Å². The molecule has 3 nitrogen and oxygen atoms in total. The summed E-state index contributed by atoms with van der Waals surface area (Å²) in [5.74, 6) is 1.17. The van der Waals surface area contributed by atoms with Crippen molar-refractivity contribution in [1.29, 1.82) is 0 Å². The fourth-order valence-corrected chi connectivity index (χ4v) is 2.17. The van der Waals surface area contributed by atoms with Gasteiger partial charge in [-0.05, 0) is 30.5 Å². The van der Waals surface area contributed by atoms with E-state index in [1.54, 1.807) is 18.3 Å². The molecule has 0 aliphatic rings. The summed E-state index contributed by atoms with van der Waals surface area (Å²) in [4.78, 5) is 11.8. The normalized spacial score (nSPS) is 10.9. The van der Waals surface area contributed by atoms with E-state index in [0.29, 0.717) is 27.1 Å². The van der Waals surface area contributed by atoms with Crippen molar-refractivity contribution < 1.29 is 0 Å². The Kier molecular flexibility index (Phi) is 4.09. The lowest BCUT2D eigenvalue weighted by Crippen LogP contribution is -2.01. The Labute approximate surface area is 116 Å². The monoisotopic (exact) mass is 279 g/mol. The lowest BCUT2D eigenvalue weighted by Gasteiger charge is -2.08. The quantitative estimate of drug-likeness (QED) is 0.862. The second kappa shape index (κ2) is 5.59. The number of nitrogens with one attached hydrogen (secondary N) is 1. The van der Waals surface area contributed by atoms with Crippen LogP contribution in [0, 0.1) is 10.6 Å². The number of H-pyrrole nitrogens is 1. The zero-order chi connectivity index (χ0) is 13.1. The van der Waals surface area contributed by atoms with Crippen LogP contribution in [-0.4, -0.2) is 15.0 Å². The highest BCUT2D eigenvalue weighted by Gasteiger charge is 2.08. The van der Waals surface area contributed by atoms with E-state index >= 15 is 0 Å². The molecule has 18 heavy (non-hydrogen) atoms. The number of hydrogen-bond donors (Lipinski definition) is 1. The maximum absolute atomic E-state index is 6.11. The average molecular weight is 280 g/mol. The lowest BCUT2D eigenvalue weighted by molar-refractivity contribution is 0.634. The summed E-state index contributed by atoms with van der Waals surface area (Å²) >= 11 is 11.3. The fourth-order valence-electron chi connectivity index (χ4n) is 1.73. The SMILES string of the molecule is CC(C)Cc1cc(=S)nc(-c2ncccc2Cl)[nH]1. The minimum atomic E-state index is 0.546. The number of pyridine rings is 1. The zero-order valence-corrected chi connectivity index (χ0v) is 11.8. The minimum Gasteiger partial charge on any atom is -0.342 e. The van der Waals surface area contributed by atoms with E-state index < -0.39 is 0 Å². The van der Waals surface area contributed by atoms with Crippen LogP contribution in [0.5, 0.6) is 0 Å². The first-order valence-corrected chi connectivity index (χ1v) is 6.56. The summed E-state index contributed by atoms with van der Waals surface area (Å²) in [6.07, 6.45) is 2.61. The third kappa shape index (κ3) is 3.15. The maximum Gasteiger partial charge on any atom is 0.159 e. The number of nitrogens with zero attached hydrogens (tertiary/aromatic N) is 2. The third-order valence-corrected chi connectivity index (χ3v) is 2.92. The molecule has 0 spiro atoms. The topological polar surface area (TPSA) is 41.6 Å². The molecule has 2 aromatic heterocycles. The van der Waals surface area contributed by atoms with Gasteiger partial charge in [0.2, 0.25) is 0 Å². The van der Waals surface area contributed by atoms with E-state index in [9.17, 15) is 0 Å². The van der Waals surface area contributed by atoms with Gasteiger partial charge in [0.15, 0.2) is 5.82 Å². The van der Waals surface area contributed by atoms with E-state index in [1.165, 1.54) is 0 Å². The smallest absolute Gasteiger partial charge is 0.159 e. The third-order valence-electron chi connectivity index (χ3n) is 2.41. The van der Waals surface area contributed by atoms with Crippen LogP contribution in [0.25, 0.3) is 11.5 Å². The van der Waals surface area contributed by atoms with Crippen LogP contribution < -0.4 is 0 Å². The van der Waals surface area contributed by atoms with Gasteiger partial charge in [-0.15, -0.1) is 0 Å². The van der Waals surface area contributed by atoms with Crippen molar-refractivity contribution >= 4 is 23.8 Å². The van der Waals surface area contributed by atoms with Crippen LogP contribution in [-0.2, 0) is 6.42 Å². The Balaban J connectivity index is 2.49. The van der Waals surface area contributed by atoms with Crippen molar-refractivity contribution in [3.63, 3.8) is 0 Å². The van der Waals surface area contributed by atoms with Gasteiger partial charge in [0.1, 0.15) is 10.3 Å². The maximum atomic E-state index is 6.11. The molecule has 5 heteroatoms. The Morgan fingerprint density at radius 2 is 2.22 bits per heavy atom. The van der Waals surface area contributed by atoms with Crippen LogP contribution in [0.1, 0.15) is 19.5 Å². The standard InChI is InChI=1S/C13H14ClN3S/c1-8(2)6-9-7-11(18)17-13(16-9)12-10(14)4-3-5-15-12/h3-5,7-8H,6H2,1-2H3,(H,16,17,18). The summed E-state index contributed by atoms with van der Waals surface area (Å²) in [5.41, 5.74) is 1.69. The summed E-state index contributed by atoms with van der Waals surface area (Å²) in [7, 11) is 0. The molecule has 0 atom stereocenters. The molecule has 0 aliphatic heterocycles. The number of rotatable bonds is 3. The van der Waals surface area contributed by atoms with Crippen molar-refractivity contribution in [2.75, 3.05) is 0 Å². The minimum absolute atomic E-state index is 0.546. The summed E-state index contributed by atoms with van der Waals surface area (Å²) in [6, 6.07) is 5.46. The molecule has 0 fully saturated rings. The Morgan fingerprint density at radius 3 is 2.89 bits per heavy atom. The molecule has 2 rings (SSSR count). The molecule has 0 saturated heterocycles. The summed E-state index contributed by atoms with van der Waals surface area (Å²) < 4.78 is 0.557. The molecule has 0 aliphatic carbocycles. The zero-order valence-electron chi connectivity index (χ0n) is 10.3. The van der Waals surface area contributed by atoms with Crippen molar-refractivity contribution in [2.24, 2.45) is 5.92 Å². The molecule has 2 aromatic rings. The first-order chi connectivity index (χ1) is 8.56. The van der Waals surface area contributed by atoms with Gasteiger partial charge in [0, 0.05) is 11.9 Å². The Hall–Kier alpha value is -1.26. The number of hydrogen-bond acceptors (Lipinski definition) is 3. The molecule has 0 saturated carbocycles. The fraction of sp³-hybridized carbons (Fsp3) is 0.308. The van der Waals surface area contributed by atoms with Gasteiger partial charge < -0.3 is 4.98 Å². The van der Waals surface area contributed by atoms with Crippen LogP contribution in [0.3, 0.4) is 0 Å². The van der Waals surface area contributed by atoms with Gasteiger partial charge in [-0.25, -0.2) is 4.98 Å². The van der Waals surface area contributed by atoms with Crippen LogP contribution in [0.15, 0.2) is 24.4 Å². The highest BCUT2D eigenvalue weighted by atomic mass is 35.5. The van der Waals surface area contributed by atoms with Crippen molar-refractivity contribution in [3.05, 3.63) is 39.8 Å². The first kappa shape index (κ1) is 13.2. The molecular weight excluding hydrogens is 266 g/mol. The summed E-state index contributed by atoms with van der Waals surface area (Å²) in [5, 5.41) is 0.567. The Morgan fingerprint density at radius 1 is 1.44 bits per heavy atom.